The maximum absolute atomic E-state index is 12.2. The number of nitrogens with one attached hydrogen (secondary N) is 1. The fourth-order valence-corrected chi connectivity index (χ4v) is 2.96. The quantitative estimate of drug-likeness (QED) is 0.907. The SMILES string of the molecule is CC(C)N1CCOCC1c1ncc(-c2ccc(OC(F)(F)F)cc2)[nH]1. The van der Waals surface area contributed by atoms with Crippen molar-refractivity contribution in [2.24, 2.45) is 0 Å². The van der Waals surface area contributed by atoms with Crippen molar-refractivity contribution in [1.82, 2.24) is 14.9 Å². The number of aromatic amines is 1. The van der Waals surface area contributed by atoms with Gasteiger partial charge in [0.05, 0.1) is 31.1 Å². The van der Waals surface area contributed by atoms with Gasteiger partial charge in [0.25, 0.3) is 0 Å². The Balaban J connectivity index is 1.77. The number of ether oxygens (including phenoxy) is 2. The van der Waals surface area contributed by atoms with Crippen LogP contribution in [0.1, 0.15) is 25.7 Å². The lowest BCUT2D eigenvalue weighted by molar-refractivity contribution is -0.274. The largest absolute Gasteiger partial charge is 0.573 e. The summed E-state index contributed by atoms with van der Waals surface area (Å²) in [6.07, 6.45) is -3.01. The van der Waals surface area contributed by atoms with Gasteiger partial charge in [-0.3, -0.25) is 4.90 Å². The maximum Gasteiger partial charge on any atom is 0.573 e. The number of morpholine rings is 1. The Hall–Kier alpha value is -2.06. The normalized spacial score (nSPS) is 19.4. The van der Waals surface area contributed by atoms with Gasteiger partial charge in [-0.15, -0.1) is 13.2 Å². The summed E-state index contributed by atoms with van der Waals surface area (Å²) in [6, 6.07) is 6.10. The number of imidazole rings is 1. The van der Waals surface area contributed by atoms with Crippen molar-refractivity contribution in [3.05, 3.63) is 36.3 Å². The van der Waals surface area contributed by atoms with Crippen LogP contribution < -0.4 is 4.74 Å². The summed E-state index contributed by atoms with van der Waals surface area (Å²) in [5, 5.41) is 0. The number of rotatable bonds is 4. The molecule has 1 saturated heterocycles. The Morgan fingerprint density at radius 2 is 2.00 bits per heavy atom. The van der Waals surface area contributed by atoms with Gasteiger partial charge in [-0.2, -0.15) is 0 Å². The smallest absolute Gasteiger partial charge is 0.406 e. The molecule has 1 N–H and O–H groups in total. The molecule has 0 radical (unpaired) electrons. The highest BCUT2D eigenvalue weighted by atomic mass is 19.4. The number of aromatic nitrogens is 2. The summed E-state index contributed by atoms with van der Waals surface area (Å²) in [4.78, 5) is 10.0. The summed E-state index contributed by atoms with van der Waals surface area (Å²) in [5.74, 6) is 0.543. The van der Waals surface area contributed by atoms with Crippen molar-refractivity contribution in [2.45, 2.75) is 32.3 Å². The lowest BCUT2D eigenvalue weighted by Crippen LogP contribution is -2.43. The lowest BCUT2D eigenvalue weighted by atomic mass is 10.1. The Bertz CT molecular complexity index is 698. The molecule has 1 aromatic heterocycles. The van der Waals surface area contributed by atoms with Crippen LogP contribution in [-0.4, -0.2) is 47.0 Å². The molecule has 3 rings (SSSR count). The van der Waals surface area contributed by atoms with Crippen LogP contribution in [0.25, 0.3) is 11.3 Å². The molecule has 136 valence electrons. The first-order chi connectivity index (χ1) is 11.8. The first kappa shape index (κ1) is 17.8. The van der Waals surface area contributed by atoms with Gasteiger partial charge in [0.15, 0.2) is 0 Å². The van der Waals surface area contributed by atoms with E-state index in [0.717, 1.165) is 23.6 Å². The molecule has 1 aliphatic rings. The van der Waals surface area contributed by atoms with Gasteiger partial charge in [0.2, 0.25) is 0 Å². The van der Waals surface area contributed by atoms with E-state index in [1.165, 1.54) is 12.1 Å². The average molecular weight is 355 g/mol. The van der Waals surface area contributed by atoms with E-state index in [1.54, 1.807) is 18.3 Å². The number of nitrogens with zero attached hydrogens (tertiary/aromatic N) is 2. The van der Waals surface area contributed by atoms with Crippen LogP contribution in [0.2, 0.25) is 0 Å². The standard InChI is InChI=1S/C17H20F3N3O2/c1-11(2)23-7-8-24-10-15(23)16-21-9-14(22-16)12-3-5-13(6-4-12)25-17(18,19)20/h3-6,9,11,15H,7-8,10H2,1-2H3,(H,21,22). The molecule has 8 heteroatoms. The summed E-state index contributed by atoms with van der Waals surface area (Å²) in [6.45, 7) is 6.34. The maximum atomic E-state index is 12.2. The summed E-state index contributed by atoms with van der Waals surface area (Å²) in [5.41, 5.74) is 1.48. The second-order valence-electron chi connectivity index (χ2n) is 6.18. The molecule has 25 heavy (non-hydrogen) atoms. The average Bonchev–Trinajstić information content (AvgIpc) is 3.04. The monoisotopic (exact) mass is 355 g/mol. The number of benzene rings is 1. The van der Waals surface area contributed by atoms with Crippen LogP contribution in [0.15, 0.2) is 30.5 Å². The predicted octanol–water partition coefficient (Wildman–Crippen LogP) is 3.76. The Labute approximate surface area is 143 Å². The van der Waals surface area contributed by atoms with Crippen LogP contribution in [0.4, 0.5) is 13.2 Å². The van der Waals surface area contributed by atoms with E-state index in [4.69, 9.17) is 4.74 Å². The number of H-pyrrole nitrogens is 1. The topological polar surface area (TPSA) is 50.4 Å². The van der Waals surface area contributed by atoms with Crippen molar-refractivity contribution >= 4 is 0 Å². The highest BCUT2D eigenvalue weighted by Gasteiger charge is 2.31. The summed E-state index contributed by atoms with van der Waals surface area (Å²) in [7, 11) is 0. The molecule has 1 unspecified atom stereocenters. The highest BCUT2D eigenvalue weighted by Crippen LogP contribution is 2.28. The zero-order chi connectivity index (χ0) is 18.0. The second-order valence-corrected chi connectivity index (χ2v) is 6.18. The third-order valence-corrected chi connectivity index (χ3v) is 4.14. The molecule has 0 aliphatic carbocycles. The minimum absolute atomic E-state index is 0.0373. The lowest BCUT2D eigenvalue weighted by Gasteiger charge is -2.37. The van der Waals surface area contributed by atoms with Gasteiger partial charge in [0.1, 0.15) is 11.6 Å². The van der Waals surface area contributed by atoms with Gasteiger partial charge in [0, 0.05) is 12.6 Å². The van der Waals surface area contributed by atoms with E-state index >= 15 is 0 Å². The summed E-state index contributed by atoms with van der Waals surface area (Å²) >= 11 is 0. The molecular formula is C17H20F3N3O2. The van der Waals surface area contributed by atoms with Gasteiger partial charge < -0.3 is 14.5 Å². The van der Waals surface area contributed by atoms with Crippen LogP contribution >= 0.6 is 0 Å². The summed E-state index contributed by atoms with van der Waals surface area (Å²) < 4.78 is 46.1. The van der Waals surface area contributed by atoms with Crippen molar-refractivity contribution < 1.29 is 22.6 Å². The van der Waals surface area contributed by atoms with E-state index in [9.17, 15) is 13.2 Å². The van der Waals surface area contributed by atoms with Crippen LogP contribution in [-0.2, 0) is 4.74 Å². The number of hydrogen-bond acceptors (Lipinski definition) is 4. The zero-order valence-corrected chi connectivity index (χ0v) is 14.0. The molecule has 1 atom stereocenters. The number of hydrogen-bond donors (Lipinski definition) is 1. The van der Waals surface area contributed by atoms with E-state index in [1.807, 2.05) is 0 Å². The van der Waals surface area contributed by atoms with Crippen molar-refractivity contribution in [3.8, 4) is 17.0 Å². The van der Waals surface area contributed by atoms with E-state index in [-0.39, 0.29) is 11.8 Å². The molecule has 0 amide bonds. The third-order valence-electron chi connectivity index (χ3n) is 4.14. The van der Waals surface area contributed by atoms with Gasteiger partial charge in [-0.1, -0.05) is 0 Å². The van der Waals surface area contributed by atoms with Crippen molar-refractivity contribution in [3.63, 3.8) is 0 Å². The van der Waals surface area contributed by atoms with Gasteiger partial charge in [-0.05, 0) is 43.7 Å². The van der Waals surface area contributed by atoms with E-state index in [0.29, 0.717) is 19.3 Å². The molecular weight excluding hydrogens is 335 g/mol. The minimum Gasteiger partial charge on any atom is -0.406 e. The third kappa shape index (κ3) is 4.32. The minimum atomic E-state index is -4.69. The van der Waals surface area contributed by atoms with Crippen LogP contribution in [0, 0.1) is 0 Å². The van der Waals surface area contributed by atoms with Gasteiger partial charge >= 0.3 is 6.36 Å². The fourth-order valence-electron chi connectivity index (χ4n) is 2.96. The molecule has 2 heterocycles. The first-order valence-corrected chi connectivity index (χ1v) is 8.08. The van der Waals surface area contributed by atoms with Crippen LogP contribution in [0.3, 0.4) is 0 Å². The second kappa shape index (κ2) is 7.05. The van der Waals surface area contributed by atoms with Crippen molar-refractivity contribution in [2.75, 3.05) is 19.8 Å². The molecule has 1 aliphatic heterocycles. The molecule has 0 spiro atoms. The van der Waals surface area contributed by atoms with E-state index in [2.05, 4.69) is 33.5 Å². The Morgan fingerprint density at radius 3 is 2.64 bits per heavy atom. The van der Waals surface area contributed by atoms with E-state index < -0.39 is 6.36 Å². The van der Waals surface area contributed by atoms with Gasteiger partial charge in [-0.25, -0.2) is 4.98 Å². The number of halogens is 3. The Morgan fingerprint density at radius 1 is 1.28 bits per heavy atom. The molecule has 0 saturated carbocycles. The molecule has 2 aromatic rings. The molecule has 5 nitrogen and oxygen atoms in total. The predicted molar refractivity (Wildman–Crippen MR) is 86.1 cm³/mol. The zero-order valence-electron chi connectivity index (χ0n) is 14.0. The molecule has 1 fully saturated rings. The number of alkyl halides is 3. The molecule has 1 aromatic carbocycles. The van der Waals surface area contributed by atoms with Crippen LogP contribution in [0.5, 0.6) is 5.75 Å². The molecule has 0 bridgehead atoms. The first-order valence-electron chi connectivity index (χ1n) is 8.08. The van der Waals surface area contributed by atoms with Crippen molar-refractivity contribution in [1.29, 1.82) is 0 Å². The fraction of sp³-hybridized carbons (Fsp3) is 0.471. The highest BCUT2D eigenvalue weighted by molar-refractivity contribution is 5.59. The Kier molecular flexibility index (Phi) is 5.01.